The Morgan fingerprint density at radius 1 is 1.09 bits per heavy atom. The summed E-state index contributed by atoms with van der Waals surface area (Å²) in [5.74, 6) is 0.734. The number of likely N-dealkylation sites (N-methyl/N-ethyl adjacent to an activating group) is 1. The van der Waals surface area contributed by atoms with Crippen molar-refractivity contribution >= 4 is 0 Å². The summed E-state index contributed by atoms with van der Waals surface area (Å²) in [4.78, 5) is 2.29. The second kappa shape index (κ2) is 7.62. The molecule has 3 heteroatoms. The van der Waals surface area contributed by atoms with Crippen LogP contribution in [0.3, 0.4) is 0 Å². The van der Waals surface area contributed by atoms with Crippen LogP contribution in [0.25, 0.3) is 0 Å². The van der Waals surface area contributed by atoms with Crippen LogP contribution in [0.2, 0.25) is 0 Å². The molecule has 1 aliphatic heterocycles. The Bertz CT molecular complexity index is 597. The zero-order valence-electron chi connectivity index (χ0n) is 13.7. The van der Waals surface area contributed by atoms with Crippen molar-refractivity contribution in [1.82, 2.24) is 4.90 Å². The van der Waals surface area contributed by atoms with Crippen LogP contribution in [-0.2, 0) is 6.42 Å². The zero-order chi connectivity index (χ0) is 16.1. The van der Waals surface area contributed by atoms with Gasteiger partial charge in [-0.05, 0) is 55.6 Å². The molecule has 1 saturated heterocycles. The van der Waals surface area contributed by atoms with Gasteiger partial charge in [-0.15, -0.1) is 0 Å². The third kappa shape index (κ3) is 4.12. The molecule has 3 nitrogen and oxygen atoms in total. The van der Waals surface area contributed by atoms with Crippen LogP contribution >= 0.6 is 0 Å². The average Bonchev–Trinajstić information content (AvgIpc) is 3.06. The molecule has 0 bridgehead atoms. The fourth-order valence-electron chi connectivity index (χ4n) is 3.30. The van der Waals surface area contributed by atoms with E-state index in [0.717, 1.165) is 38.1 Å². The highest BCUT2D eigenvalue weighted by atomic mass is 16.6. The summed E-state index contributed by atoms with van der Waals surface area (Å²) < 4.78 is 5.75. The predicted molar refractivity (Wildman–Crippen MR) is 92.6 cm³/mol. The van der Waals surface area contributed by atoms with Gasteiger partial charge in [0.05, 0.1) is 6.04 Å². The zero-order valence-corrected chi connectivity index (χ0v) is 13.7. The summed E-state index contributed by atoms with van der Waals surface area (Å²) >= 11 is 0. The van der Waals surface area contributed by atoms with Crippen molar-refractivity contribution in [3.8, 4) is 5.75 Å². The Hall–Kier alpha value is -1.84. The molecule has 2 aromatic carbocycles. The van der Waals surface area contributed by atoms with Gasteiger partial charge in [0.25, 0.3) is 0 Å². The number of likely N-dealkylation sites (tertiary alicyclic amines) is 1. The molecular weight excluding hydrogens is 286 g/mol. The number of benzene rings is 2. The van der Waals surface area contributed by atoms with Gasteiger partial charge in [0, 0.05) is 0 Å². The van der Waals surface area contributed by atoms with E-state index in [2.05, 4.69) is 48.2 Å². The molecule has 1 N–H and O–H groups in total. The van der Waals surface area contributed by atoms with Gasteiger partial charge >= 0.3 is 0 Å². The van der Waals surface area contributed by atoms with E-state index < -0.39 is 6.29 Å². The molecule has 23 heavy (non-hydrogen) atoms. The van der Waals surface area contributed by atoms with Crippen LogP contribution in [-0.4, -0.2) is 35.4 Å². The summed E-state index contributed by atoms with van der Waals surface area (Å²) in [6, 6.07) is 18.6. The smallest absolute Gasteiger partial charge is 0.213 e. The van der Waals surface area contributed by atoms with Crippen molar-refractivity contribution in [2.45, 2.75) is 38.5 Å². The van der Waals surface area contributed by atoms with Crippen molar-refractivity contribution in [3.63, 3.8) is 0 Å². The number of aliphatic hydroxyl groups excluding tert-OH is 1. The Balaban J connectivity index is 1.59. The minimum Gasteiger partial charge on any atom is -0.463 e. The quantitative estimate of drug-likeness (QED) is 0.829. The average molecular weight is 311 g/mol. The highest BCUT2D eigenvalue weighted by Gasteiger charge is 2.30. The van der Waals surface area contributed by atoms with Crippen LogP contribution in [0, 0.1) is 0 Å². The lowest BCUT2D eigenvalue weighted by atomic mass is 10.1. The Morgan fingerprint density at radius 3 is 2.48 bits per heavy atom. The van der Waals surface area contributed by atoms with E-state index >= 15 is 0 Å². The van der Waals surface area contributed by atoms with Crippen molar-refractivity contribution < 1.29 is 9.84 Å². The van der Waals surface area contributed by atoms with Crippen molar-refractivity contribution in [1.29, 1.82) is 0 Å². The summed E-state index contributed by atoms with van der Waals surface area (Å²) in [5, 5.41) is 10.3. The molecular formula is C20H25NO2. The van der Waals surface area contributed by atoms with Gasteiger partial charge in [0.1, 0.15) is 5.75 Å². The van der Waals surface area contributed by atoms with E-state index in [4.69, 9.17) is 4.74 Å². The Kier molecular flexibility index (Phi) is 5.31. The van der Waals surface area contributed by atoms with Gasteiger partial charge in [-0.3, -0.25) is 4.90 Å². The molecule has 2 atom stereocenters. The SMILES string of the molecule is CCN1CCCC1C(O)Oc1ccc(Cc2ccccc2)cc1. The number of ether oxygens (including phenoxy) is 1. The van der Waals surface area contributed by atoms with Crippen LogP contribution in [0.15, 0.2) is 54.6 Å². The summed E-state index contributed by atoms with van der Waals surface area (Å²) in [5.41, 5.74) is 2.54. The fraction of sp³-hybridized carbons (Fsp3) is 0.400. The maximum Gasteiger partial charge on any atom is 0.213 e. The maximum atomic E-state index is 10.3. The first-order chi connectivity index (χ1) is 11.3. The first kappa shape index (κ1) is 16.0. The minimum absolute atomic E-state index is 0.115. The van der Waals surface area contributed by atoms with Gasteiger partial charge in [-0.1, -0.05) is 49.4 Å². The van der Waals surface area contributed by atoms with E-state index in [0.29, 0.717) is 0 Å². The van der Waals surface area contributed by atoms with Crippen molar-refractivity contribution in [2.75, 3.05) is 13.1 Å². The topological polar surface area (TPSA) is 32.7 Å². The van der Waals surface area contributed by atoms with E-state index in [1.165, 1.54) is 11.1 Å². The van der Waals surface area contributed by atoms with Crippen LogP contribution in [0.5, 0.6) is 5.75 Å². The highest BCUT2D eigenvalue weighted by Crippen LogP contribution is 2.23. The van der Waals surface area contributed by atoms with Crippen molar-refractivity contribution in [2.24, 2.45) is 0 Å². The van der Waals surface area contributed by atoms with Crippen molar-refractivity contribution in [3.05, 3.63) is 65.7 Å². The van der Waals surface area contributed by atoms with Gasteiger partial charge in [0.15, 0.2) is 0 Å². The third-order valence-corrected chi connectivity index (χ3v) is 4.58. The number of hydrogen-bond acceptors (Lipinski definition) is 3. The maximum absolute atomic E-state index is 10.3. The molecule has 0 aromatic heterocycles. The molecule has 3 rings (SSSR count). The van der Waals surface area contributed by atoms with Gasteiger partial charge in [-0.2, -0.15) is 0 Å². The second-order valence-electron chi connectivity index (χ2n) is 6.15. The molecule has 0 aliphatic carbocycles. The lowest BCUT2D eigenvalue weighted by Crippen LogP contribution is -2.41. The number of rotatable bonds is 6. The van der Waals surface area contributed by atoms with E-state index in [9.17, 15) is 5.11 Å². The molecule has 2 aromatic rings. The predicted octanol–water partition coefficient (Wildman–Crippen LogP) is 3.46. The molecule has 0 spiro atoms. The molecule has 2 unspecified atom stereocenters. The Labute approximate surface area is 138 Å². The fourth-order valence-corrected chi connectivity index (χ4v) is 3.30. The third-order valence-electron chi connectivity index (χ3n) is 4.58. The van der Waals surface area contributed by atoms with Gasteiger partial charge < -0.3 is 9.84 Å². The van der Waals surface area contributed by atoms with E-state index in [-0.39, 0.29) is 6.04 Å². The second-order valence-corrected chi connectivity index (χ2v) is 6.15. The lowest BCUT2D eigenvalue weighted by Gasteiger charge is -2.27. The standard InChI is InChI=1S/C20H25NO2/c1-2-21-14-6-9-19(21)20(22)23-18-12-10-17(11-13-18)15-16-7-4-3-5-8-16/h3-5,7-8,10-13,19-20,22H,2,6,9,14-15H2,1H3. The summed E-state index contributed by atoms with van der Waals surface area (Å²) in [6.45, 7) is 4.14. The molecule has 122 valence electrons. The normalized spacial score (nSPS) is 19.7. The number of nitrogens with zero attached hydrogens (tertiary/aromatic N) is 1. The largest absolute Gasteiger partial charge is 0.463 e. The lowest BCUT2D eigenvalue weighted by molar-refractivity contribution is -0.0697. The highest BCUT2D eigenvalue weighted by molar-refractivity contribution is 5.31. The first-order valence-corrected chi connectivity index (χ1v) is 8.48. The minimum atomic E-state index is -0.752. The van der Waals surface area contributed by atoms with E-state index in [1.54, 1.807) is 0 Å². The molecule has 0 radical (unpaired) electrons. The number of hydrogen-bond donors (Lipinski definition) is 1. The molecule has 0 saturated carbocycles. The van der Waals surface area contributed by atoms with Crippen LogP contribution < -0.4 is 4.74 Å². The van der Waals surface area contributed by atoms with Gasteiger partial charge in [-0.25, -0.2) is 0 Å². The summed E-state index contributed by atoms with van der Waals surface area (Å²) in [7, 11) is 0. The van der Waals surface area contributed by atoms with Gasteiger partial charge in [0.2, 0.25) is 6.29 Å². The molecule has 1 fully saturated rings. The monoisotopic (exact) mass is 311 g/mol. The van der Waals surface area contributed by atoms with E-state index in [1.807, 2.05) is 18.2 Å². The summed E-state index contributed by atoms with van der Waals surface area (Å²) in [6.07, 6.45) is 2.30. The van der Waals surface area contributed by atoms with Crippen LogP contribution in [0.4, 0.5) is 0 Å². The number of aliphatic hydroxyl groups is 1. The van der Waals surface area contributed by atoms with Crippen LogP contribution in [0.1, 0.15) is 30.9 Å². The Morgan fingerprint density at radius 2 is 1.78 bits per heavy atom. The molecule has 0 amide bonds. The molecule has 1 aliphatic rings. The first-order valence-electron chi connectivity index (χ1n) is 8.48. The molecule has 1 heterocycles.